The maximum absolute atomic E-state index is 14.4. The summed E-state index contributed by atoms with van der Waals surface area (Å²) in [6.07, 6.45) is 1.53. The number of aryl methyl sites for hydroxylation is 1. The highest BCUT2D eigenvalue weighted by atomic mass is 32.1. The third kappa shape index (κ3) is 3.60. The van der Waals surface area contributed by atoms with E-state index < -0.39 is 17.6 Å². The minimum atomic E-state index is -0.672. The number of amides is 2. The number of hydrogen-bond acceptors (Lipinski definition) is 3. The van der Waals surface area contributed by atoms with Gasteiger partial charge in [0.1, 0.15) is 11.4 Å². The van der Waals surface area contributed by atoms with Crippen molar-refractivity contribution >= 4 is 51.7 Å². The van der Waals surface area contributed by atoms with Crippen LogP contribution in [0.2, 0.25) is 0 Å². The second-order valence-corrected chi connectivity index (χ2v) is 8.49. The van der Waals surface area contributed by atoms with Gasteiger partial charge in [-0.15, -0.1) is 0 Å². The van der Waals surface area contributed by atoms with Crippen LogP contribution in [0.15, 0.2) is 78.4 Å². The first-order valence-corrected chi connectivity index (χ1v) is 11.1. The summed E-state index contributed by atoms with van der Waals surface area (Å²) >= 11 is 5.17. The number of hydrogen-bond donors (Lipinski definition) is 1. The Hall–Kier alpha value is -4.10. The van der Waals surface area contributed by atoms with Crippen molar-refractivity contribution in [2.24, 2.45) is 0 Å². The Morgan fingerprint density at radius 2 is 1.62 bits per heavy atom. The van der Waals surface area contributed by atoms with Gasteiger partial charge < -0.3 is 4.57 Å². The Labute approximate surface area is 201 Å². The van der Waals surface area contributed by atoms with Crippen molar-refractivity contribution in [2.45, 2.75) is 13.8 Å². The molecular formula is C27H20FN3O2S. The van der Waals surface area contributed by atoms with Gasteiger partial charge >= 0.3 is 0 Å². The molecule has 1 aliphatic rings. The van der Waals surface area contributed by atoms with Crippen molar-refractivity contribution in [1.82, 2.24) is 9.88 Å². The predicted molar refractivity (Wildman–Crippen MR) is 135 cm³/mol. The molecule has 0 saturated carbocycles. The van der Waals surface area contributed by atoms with E-state index in [2.05, 4.69) is 34.1 Å². The second kappa shape index (κ2) is 8.35. The summed E-state index contributed by atoms with van der Waals surface area (Å²) in [6, 6.07) is 22.0. The van der Waals surface area contributed by atoms with E-state index in [1.807, 2.05) is 38.1 Å². The van der Waals surface area contributed by atoms with Gasteiger partial charge in [0, 0.05) is 17.1 Å². The quantitative estimate of drug-likeness (QED) is 0.254. The molecule has 1 saturated heterocycles. The van der Waals surface area contributed by atoms with Crippen LogP contribution in [0.1, 0.15) is 17.0 Å². The highest BCUT2D eigenvalue weighted by Crippen LogP contribution is 2.28. The zero-order valence-corrected chi connectivity index (χ0v) is 19.3. The Balaban J connectivity index is 1.57. The molecule has 0 atom stereocenters. The number of carbonyl (C=O) groups is 2. The van der Waals surface area contributed by atoms with Gasteiger partial charge in [-0.25, -0.2) is 9.29 Å². The van der Waals surface area contributed by atoms with E-state index in [1.54, 1.807) is 6.07 Å². The van der Waals surface area contributed by atoms with Crippen LogP contribution in [0, 0.1) is 19.7 Å². The average molecular weight is 470 g/mol. The van der Waals surface area contributed by atoms with Crippen molar-refractivity contribution in [2.75, 3.05) is 4.90 Å². The summed E-state index contributed by atoms with van der Waals surface area (Å²) in [6.45, 7) is 3.90. The highest BCUT2D eigenvalue weighted by Gasteiger charge is 2.35. The summed E-state index contributed by atoms with van der Waals surface area (Å²) < 4.78 is 16.5. The fourth-order valence-corrected chi connectivity index (χ4v) is 4.59. The van der Waals surface area contributed by atoms with Crippen molar-refractivity contribution in [3.05, 3.63) is 101 Å². The molecule has 2 amide bonds. The van der Waals surface area contributed by atoms with E-state index in [0.29, 0.717) is 5.56 Å². The molecule has 4 aromatic rings. The monoisotopic (exact) mass is 469 g/mol. The van der Waals surface area contributed by atoms with Crippen LogP contribution in [0.25, 0.3) is 22.5 Å². The van der Waals surface area contributed by atoms with E-state index in [9.17, 15) is 14.0 Å². The Morgan fingerprint density at radius 1 is 0.912 bits per heavy atom. The van der Waals surface area contributed by atoms with E-state index in [-0.39, 0.29) is 16.4 Å². The lowest BCUT2D eigenvalue weighted by molar-refractivity contribution is -0.122. The van der Waals surface area contributed by atoms with Crippen LogP contribution in [0.4, 0.5) is 10.1 Å². The molecule has 1 fully saturated rings. The minimum absolute atomic E-state index is 0.00923. The SMILES string of the molecule is Cc1cc(/C=C2\C(=O)NC(=S)N(c3ccccc3F)C2=O)c(C)n1-c1ccc2ccccc2c1. The van der Waals surface area contributed by atoms with Crippen LogP contribution < -0.4 is 10.2 Å². The third-order valence-electron chi connectivity index (χ3n) is 5.96. The van der Waals surface area contributed by atoms with Gasteiger partial charge in [0.05, 0.1) is 5.69 Å². The lowest BCUT2D eigenvalue weighted by atomic mass is 10.1. The fourth-order valence-electron chi connectivity index (χ4n) is 4.31. The van der Waals surface area contributed by atoms with Gasteiger partial charge in [0.25, 0.3) is 11.8 Å². The average Bonchev–Trinajstić information content (AvgIpc) is 3.10. The lowest BCUT2D eigenvalue weighted by Crippen LogP contribution is -2.54. The number of anilines is 1. The predicted octanol–water partition coefficient (Wildman–Crippen LogP) is 5.22. The molecule has 1 aliphatic heterocycles. The van der Waals surface area contributed by atoms with Crippen LogP contribution >= 0.6 is 12.2 Å². The van der Waals surface area contributed by atoms with Crippen LogP contribution in [0.5, 0.6) is 0 Å². The number of benzene rings is 3. The summed E-state index contributed by atoms with van der Waals surface area (Å²) in [4.78, 5) is 27.0. The topological polar surface area (TPSA) is 54.3 Å². The molecule has 0 spiro atoms. The molecule has 0 bridgehead atoms. The fraction of sp³-hybridized carbons (Fsp3) is 0.0741. The van der Waals surface area contributed by atoms with Gasteiger partial charge in [-0.2, -0.15) is 0 Å². The molecule has 2 heterocycles. The van der Waals surface area contributed by atoms with Crippen molar-refractivity contribution < 1.29 is 14.0 Å². The van der Waals surface area contributed by atoms with E-state index in [4.69, 9.17) is 12.2 Å². The number of halogens is 1. The Kier molecular flexibility index (Phi) is 5.34. The highest BCUT2D eigenvalue weighted by molar-refractivity contribution is 7.80. The maximum atomic E-state index is 14.4. The molecule has 1 N–H and O–H groups in total. The van der Waals surface area contributed by atoms with E-state index in [0.717, 1.165) is 32.7 Å². The number of thiocarbonyl (C=S) groups is 1. The Bertz CT molecular complexity index is 1540. The van der Waals surface area contributed by atoms with Crippen LogP contribution in [-0.2, 0) is 9.59 Å². The van der Waals surface area contributed by atoms with E-state index in [1.165, 1.54) is 24.3 Å². The molecule has 0 unspecified atom stereocenters. The number of carbonyl (C=O) groups excluding carboxylic acids is 2. The molecule has 34 heavy (non-hydrogen) atoms. The first-order valence-electron chi connectivity index (χ1n) is 10.7. The number of para-hydroxylation sites is 1. The third-order valence-corrected chi connectivity index (χ3v) is 6.24. The molecule has 3 aromatic carbocycles. The van der Waals surface area contributed by atoms with Crippen molar-refractivity contribution in [3.63, 3.8) is 0 Å². The van der Waals surface area contributed by atoms with Gasteiger partial charge in [-0.1, -0.05) is 42.5 Å². The van der Waals surface area contributed by atoms with Crippen LogP contribution in [-0.4, -0.2) is 21.5 Å². The summed E-state index contributed by atoms with van der Waals surface area (Å²) in [5.41, 5.74) is 3.38. The molecule has 7 heteroatoms. The smallest absolute Gasteiger partial charge is 0.270 e. The molecule has 1 aromatic heterocycles. The van der Waals surface area contributed by atoms with Gasteiger partial charge in [0.2, 0.25) is 0 Å². The van der Waals surface area contributed by atoms with Crippen molar-refractivity contribution in [1.29, 1.82) is 0 Å². The molecule has 0 aliphatic carbocycles. The summed E-state index contributed by atoms with van der Waals surface area (Å²) in [5.74, 6) is -1.89. The number of fused-ring (bicyclic) bond motifs is 1. The zero-order chi connectivity index (χ0) is 24.0. The first-order chi connectivity index (χ1) is 16.3. The van der Waals surface area contributed by atoms with Crippen molar-refractivity contribution in [3.8, 4) is 5.69 Å². The van der Waals surface area contributed by atoms with E-state index >= 15 is 0 Å². The normalized spacial score (nSPS) is 15.3. The Morgan fingerprint density at radius 3 is 2.38 bits per heavy atom. The maximum Gasteiger partial charge on any atom is 0.270 e. The number of aromatic nitrogens is 1. The summed E-state index contributed by atoms with van der Waals surface area (Å²) in [7, 11) is 0. The largest absolute Gasteiger partial charge is 0.318 e. The first kappa shape index (κ1) is 21.7. The molecule has 5 nitrogen and oxygen atoms in total. The lowest BCUT2D eigenvalue weighted by Gasteiger charge is -2.29. The second-order valence-electron chi connectivity index (χ2n) is 8.10. The number of rotatable bonds is 3. The van der Waals surface area contributed by atoms with Gasteiger partial charge in [0.15, 0.2) is 5.11 Å². The number of nitrogens with one attached hydrogen (secondary N) is 1. The molecular weight excluding hydrogens is 449 g/mol. The molecule has 168 valence electrons. The van der Waals surface area contributed by atoms with Crippen LogP contribution in [0.3, 0.4) is 0 Å². The standard InChI is InChI=1S/C27H20FN3O2S/c1-16-13-20(17(2)30(16)21-12-11-18-7-3-4-8-19(18)14-21)15-22-25(32)29-27(34)31(26(22)33)24-10-6-5-9-23(24)28/h3-15H,1-2H3,(H,29,32,34)/b22-15+. The molecule has 5 rings (SSSR count). The zero-order valence-electron chi connectivity index (χ0n) is 18.5. The molecule has 0 radical (unpaired) electrons. The summed E-state index contributed by atoms with van der Waals surface area (Å²) in [5, 5.41) is 4.61. The van der Waals surface area contributed by atoms with Gasteiger partial charge in [-0.3, -0.25) is 14.9 Å². The minimum Gasteiger partial charge on any atom is -0.318 e. The number of nitrogens with zero attached hydrogens (tertiary/aromatic N) is 2. The van der Waals surface area contributed by atoms with Gasteiger partial charge in [-0.05, 0) is 78.8 Å².